The SMILES string of the molecule is C=C/C(=C\C=C\O)C(=O)C(=C)/C=C(\S)CC. The molecule has 2 nitrogen and oxygen atoms in total. The minimum Gasteiger partial charge on any atom is -0.516 e. The first-order chi connectivity index (χ1) is 7.56. The summed E-state index contributed by atoms with van der Waals surface area (Å²) in [6, 6.07) is 0. The van der Waals surface area contributed by atoms with Crippen LogP contribution in [0.25, 0.3) is 0 Å². The molecule has 0 aromatic heterocycles. The van der Waals surface area contributed by atoms with Crippen LogP contribution in [0.1, 0.15) is 13.3 Å². The normalized spacial score (nSPS) is 12.9. The number of carbonyl (C=O) groups excluding carboxylic acids is 1. The molecular weight excluding hydrogens is 220 g/mol. The number of hydrogen-bond acceptors (Lipinski definition) is 3. The number of rotatable bonds is 6. The first-order valence-electron chi connectivity index (χ1n) is 4.83. The molecule has 0 heterocycles. The number of hydrogen-bond donors (Lipinski definition) is 2. The summed E-state index contributed by atoms with van der Waals surface area (Å²) < 4.78 is 0. The summed E-state index contributed by atoms with van der Waals surface area (Å²) in [5, 5.41) is 8.50. The van der Waals surface area contributed by atoms with Gasteiger partial charge in [0.25, 0.3) is 0 Å². The lowest BCUT2D eigenvalue weighted by Gasteiger charge is -2.01. The standard InChI is InChI=1S/C13H16O2S/c1-4-11(7-6-8-14)13(15)10(3)9-12(16)5-2/h4,6-9,14,16H,1,3,5H2,2H3/b8-6+,11-7+,12-9-. The van der Waals surface area contributed by atoms with Crippen LogP contribution in [0.4, 0.5) is 0 Å². The van der Waals surface area contributed by atoms with Gasteiger partial charge in [-0.05, 0) is 29.6 Å². The molecule has 0 bridgehead atoms. The van der Waals surface area contributed by atoms with Crippen molar-refractivity contribution in [1.29, 1.82) is 0 Å². The van der Waals surface area contributed by atoms with Crippen LogP contribution in [-0.2, 0) is 4.79 Å². The van der Waals surface area contributed by atoms with Crippen molar-refractivity contribution < 1.29 is 9.90 Å². The second-order valence-electron chi connectivity index (χ2n) is 3.01. The molecule has 0 aromatic rings. The molecule has 0 saturated heterocycles. The Bertz CT molecular complexity index is 373. The van der Waals surface area contributed by atoms with Crippen LogP contribution in [0.2, 0.25) is 0 Å². The van der Waals surface area contributed by atoms with Crippen LogP contribution in [0, 0.1) is 0 Å². The highest BCUT2D eigenvalue weighted by molar-refractivity contribution is 7.84. The molecular formula is C13H16O2S. The fourth-order valence-electron chi connectivity index (χ4n) is 0.937. The lowest BCUT2D eigenvalue weighted by molar-refractivity contribution is -0.111. The molecule has 0 spiro atoms. The van der Waals surface area contributed by atoms with Gasteiger partial charge in [0.2, 0.25) is 0 Å². The first kappa shape index (κ1) is 14.5. The Morgan fingerprint density at radius 1 is 1.50 bits per heavy atom. The van der Waals surface area contributed by atoms with E-state index in [9.17, 15) is 4.79 Å². The van der Waals surface area contributed by atoms with E-state index in [0.29, 0.717) is 11.1 Å². The number of aliphatic hydroxyl groups excluding tert-OH is 1. The number of allylic oxidation sites excluding steroid dienone is 7. The maximum atomic E-state index is 11.8. The minimum atomic E-state index is -0.229. The summed E-state index contributed by atoms with van der Waals surface area (Å²) in [6.07, 6.45) is 7.48. The largest absolute Gasteiger partial charge is 0.516 e. The van der Waals surface area contributed by atoms with E-state index in [1.165, 1.54) is 18.2 Å². The highest BCUT2D eigenvalue weighted by Crippen LogP contribution is 2.13. The summed E-state index contributed by atoms with van der Waals surface area (Å²) >= 11 is 4.18. The van der Waals surface area contributed by atoms with Crippen LogP contribution in [0.15, 0.2) is 59.8 Å². The van der Waals surface area contributed by atoms with Crippen molar-refractivity contribution in [3.05, 3.63) is 59.8 Å². The molecule has 0 radical (unpaired) electrons. The Labute approximate surface area is 102 Å². The fourth-order valence-corrected chi connectivity index (χ4v) is 1.09. The van der Waals surface area contributed by atoms with Crippen LogP contribution < -0.4 is 0 Å². The molecule has 0 rings (SSSR count). The predicted octanol–water partition coefficient (Wildman–Crippen LogP) is 3.52. The van der Waals surface area contributed by atoms with E-state index in [4.69, 9.17) is 5.11 Å². The molecule has 0 amide bonds. The highest BCUT2D eigenvalue weighted by Gasteiger charge is 2.08. The van der Waals surface area contributed by atoms with Gasteiger partial charge in [0, 0.05) is 11.1 Å². The molecule has 0 unspecified atom stereocenters. The molecule has 86 valence electrons. The highest BCUT2D eigenvalue weighted by atomic mass is 32.1. The molecule has 3 heteroatoms. The smallest absolute Gasteiger partial charge is 0.192 e. The number of aliphatic hydroxyl groups is 1. The van der Waals surface area contributed by atoms with Crippen molar-refractivity contribution in [3.63, 3.8) is 0 Å². The van der Waals surface area contributed by atoms with Crippen molar-refractivity contribution in [3.8, 4) is 0 Å². The van der Waals surface area contributed by atoms with Gasteiger partial charge >= 0.3 is 0 Å². The Hall–Kier alpha value is -1.48. The minimum absolute atomic E-state index is 0.229. The second kappa shape index (κ2) is 7.77. The van der Waals surface area contributed by atoms with E-state index >= 15 is 0 Å². The molecule has 0 aliphatic heterocycles. The van der Waals surface area contributed by atoms with Crippen molar-refractivity contribution in [1.82, 2.24) is 0 Å². The number of thiol groups is 1. The van der Waals surface area contributed by atoms with Gasteiger partial charge < -0.3 is 5.11 Å². The van der Waals surface area contributed by atoms with Gasteiger partial charge in [-0.1, -0.05) is 26.2 Å². The zero-order valence-electron chi connectivity index (χ0n) is 9.31. The average molecular weight is 236 g/mol. The van der Waals surface area contributed by atoms with Crippen LogP contribution in [0.3, 0.4) is 0 Å². The Morgan fingerprint density at radius 2 is 2.12 bits per heavy atom. The third-order valence-electron chi connectivity index (χ3n) is 1.84. The third-order valence-corrected chi connectivity index (χ3v) is 2.28. The number of Topliss-reactive ketones (excluding diaryl/α,β-unsaturated/α-hetero) is 1. The maximum Gasteiger partial charge on any atom is 0.192 e. The molecule has 1 N–H and O–H groups in total. The van der Waals surface area contributed by atoms with Gasteiger partial charge in [0.1, 0.15) is 0 Å². The number of ketones is 1. The monoisotopic (exact) mass is 236 g/mol. The first-order valence-corrected chi connectivity index (χ1v) is 5.28. The topological polar surface area (TPSA) is 37.3 Å². The molecule has 16 heavy (non-hydrogen) atoms. The third kappa shape index (κ3) is 4.84. The molecule has 0 aliphatic rings. The van der Waals surface area contributed by atoms with Crippen molar-refractivity contribution in [2.24, 2.45) is 0 Å². The Kier molecular flexibility index (Phi) is 7.05. The predicted molar refractivity (Wildman–Crippen MR) is 71.6 cm³/mol. The average Bonchev–Trinajstić information content (AvgIpc) is 2.29. The van der Waals surface area contributed by atoms with Crippen LogP contribution in [0.5, 0.6) is 0 Å². The zero-order chi connectivity index (χ0) is 12.6. The molecule has 0 saturated carbocycles. The molecule has 0 atom stereocenters. The van der Waals surface area contributed by atoms with Gasteiger partial charge in [-0.2, -0.15) is 0 Å². The molecule has 0 fully saturated rings. The summed E-state index contributed by atoms with van der Waals surface area (Å²) in [5.41, 5.74) is 0.730. The van der Waals surface area contributed by atoms with E-state index in [2.05, 4.69) is 25.8 Å². The number of carbonyl (C=O) groups is 1. The van der Waals surface area contributed by atoms with E-state index in [-0.39, 0.29) is 5.78 Å². The molecule has 0 aromatic carbocycles. The Balaban J connectivity index is 4.91. The summed E-state index contributed by atoms with van der Waals surface area (Å²) in [6.45, 7) is 9.14. The van der Waals surface area contributed by atoms with Gasteiger partial charge in [-0.15, -0.1) is 12.6 Å². The van der Waals surface area contributed by atoms with Gasteiger partial charge in [0.05, 0.1) is 6.26 Å². The second-order valence-corrected chi connectivity index (χ2v) is 3.59. The van der Waals surface area contributed by atoms with Crippen molar-refractivity contribution in [2.75, 3.05) is 0 Å². The maximum absolute atomic E-state index is 11.8. The fraction of sp³-hybridized carbons (Fsp3) is 0.154. The lowest BCUT2D eigenvalue weighted by atomic mass is 10.0. The van der Waals surface area contributed by atoms with Gasteiger partial charge in [0.15, 0.2) is 5.78 Å². The summed E-state index contributed by atoms with van der Waals surface area (Å²) in [7, 11) is 0. The summed E-state index contributed by atoms with van der Waals surface area (Å²) in [5.74, 6) is -0.229. The van der Waals surface area contributed by atoms with Crippen molar-refractivity contribution in [2.45, 2.75) is 13.3 Å². The summed E-state index contributed by atoms with van der Waals surface area (Å²) in [4.78, 5) is 12.6. The lowest BCUT2D eigenvalue weighted by Crippen LogP contribution is -2.02. The van der Waals surface area contributed by atoms with Crippen LogP contribution in [-0.4, -0.2) is 10.9 Å². The van der Waals surface area contributed by atoms with Crippen LogP contribution >= 0.6 is 12.6 Å². The van der Waals surface area contributed by atoms with E-state index in [1.54, 1.807) is 6.08 Å². The quantitative estimate of drug-likeness (QED) is 0.320. The van der Waals surface area contributed by atoms with E-state index < -0.39 is 0 Å². The van der Waals surface area contributed by atoms with E-state index in [1.807, 2.05) is 6.92 Å². The van der Waals surface area contributed by atoms with Gasteiger partial charge in [-0.3, -0.25) is 4.79 Å². The van der Waals surface area contributed by atoms with Gasteiger partial charge in [-0.25, -0.2) is 0 Å². The molecule has 0 aliphatic carbocycles. The van der Waals surface area contributed by atoms with E-state index in [0.717, 1.165) is 17.6 Å². The Morgan fingerprint density at radius 3 is 2.56 bits per heavy atom. The van der Waals surface area contributed by atoms with Crippen molar-refractivity contribution >= 4 is 18.4 Å². The zero-order valence-corrected chi connectivity index (χ0v) is 10.2.